The highest BCUT2D eigenvalue weighted by molar-refractivity contribution is 8.03. The predicted octanol–water partition coefficient (Wildman–Crippen LogP) is 5.59. The standard InChI is InChI=1S/C23H26N2OS/c1-4-24(5-2)19-14-11-18(12-15-19)13-16-20(26)17-23-25(6-3)21-9-7-8-10-22(21)27-23/h7-17H,4-6H2,1-3H3/b16-13+,23-17-. The van der Waals surface area contributed by atoms with Crippen molar-refractivity contribution in [3.8, 4) is 0 Å². The molecule has 2 aromatic carbocycles. The smallest absolute Gasteiger partial charge is 0.181 e. The van der Waals surface area contributed by atoms with Gasteiger partial charge in [0.1, 0.15) is 0 Å². The zero-order valence-corrected chi connectivity index (χ0v) is 17.0. The van der Waals surface area contributed by atoms with Crippen LogP contribution in [0.2, 0.25) is 0 Å². The molecule has 0 saturated heterocycles. The molecule has 3 nitrogen and oxygen atoms in total. The summed E-state index contributed by atoms with van der Waals surface area (Å²) in [5.74, 6) is 0.0107. The summed E-state index contributed by atoms with van der Waals surface area (Å²) in [6, 6.07) is 16.6. The number of fused-ring (bicyclic) bond motifs is 1. The average Bonchev–Trinajstić information content (AvgIpc) is 3.05. The number of rotatable bonds is 7. The monoisotopic (exact) mass is 378 g/mol. The highest BCUT2D eigenvalue weighted by atomic mass is 32.2. The second-order valence-electron chi connectivity index (χ2n) is 6.30. The number of ketones is 1. The first-order valence-electron chi connectivity index (χ1n) is 9.49. The van der Waals surface area contributed by atoms with Crippen molar-refractivity contribution >= 4 is 35.0 Å². The molecule has 0 unspecified atom stereocenters. The van der Waals surface area contributed by atoms with Crippen molar-refractivity contribution in [1.82, 2.24) is 0 Å². The van der Waals surface area contributed by atoms with Gasteiger partial charge in [0, 0.05) is 36.3 Å². The van der Waals surface area contributed by atoms with E-state index in [2.05, 4.69) is 67.0 Å². The third-order valence-electron chi connectivity index (χ3n) is 4.68. The first-order chi connectivity index (χ1) is 13.2. The van der Waals surface area contributed by atoms with E-state index in [9.17, 15) is 4.79 Å². The highest BCUT2D eigenvalue weighted by Crippen LogP contribution is 2.45. The lowest BCUT2D eigenvalue weighted by atomic mass is 10.1. The largest absolute Gasteiger partial charge is 0.372 e. The molecule has 0 aliphatic carbocycles. The van der Waals surface area contributed by atoms with E-state index >= 15 is 0 Å². The molecule has 2 aromatic rings. The SMILES string of the molecule is CCN(CC)c1ccc(/C=C/C(=O)/C=C2\Sc3ccccc3N2CC)cc1. The molecule has 140 valence electrons. The molecular formula is C23H26N2OS. The molecule has 3 rings (SSSR count). The van der Waals surface area contributed by atoms with Gasteiger partial charge < -0.3 is 9.80 Å². The number of hydrogen-bond acceptors (Lipinski definition) is 4. The number of nitrogens with zero attached hydrogens (tertiary/aromatic N) is 2. The zero-order valence-electron chi connectivity index (χ0n) is 16.2. The van der Waals surface area contributed by atoms with Crippen LogP contribution in [0.4, 0.5) is 11.4 Å². The minimum Gasteiger partial charge on any atom is -0.372 e. The molecule has 1 aliphatic rings. The zero-order chi connectivity index (χ0) is 19.2. The maximum absolute atomic E-state index is 12.4. The van der Waals surface area contributed by atoms with E-state index in [4.69, 9.17) is 0 Å². The van der Waals surface area contributed by atoms with Gasteiger partial charge in [-0.25, -0.2) is 0 Å². The summed E-state index contributed by atoms with van der Waals surface area (Å²) in [6.07, 6.45) is 5.26. The Morgan fingerprint density at radius 3 is 2.41 bits per heavy atom. The maximum Gasteiger partial charge on any atom is 0.181 e. The van der Waals surface area contributed by atoms with Crippen LogP contribution in [0.15, 0.2) is 70.6 Å². The number of carbonyl (C=O) groups is 1. The summed E-state index contributed by atoms with van der Waals surface area (Å²) < 4.78 is 0. The molecule has 0 spiro atoms. The van der Waals surface area contributed by atoms with Gasteiger partial charge in [-0.05, 0) is 56.7 Å². The minimum absolute atomic E-state index is 0.0107. The van der Waals surface area contributed by atoms with Crippen molar-refractivity contribution in [3.63, 3.8) is 0 Å². The Labute approximate surface area is 166 Å². The molecule has 1 aliphatic heterocycles. The number of benzene rings is 2. The van der Waals surface area contributed by atoms with E-state index in [1.165, 1.54) is 16.3 Å². The van der Waals surface area contributed by atoms with Gasteiger partial charge >= 0.3 is 0 Å². The fourth-order valence-corrected chi connectivity index (χ4v) is 4.39. The molecule has 4 heteroatoms. The van der Waals surface area contributed by atoms with Gasteiger partial charge in [0.2, 0.25) is 0 Å². The topological polar surface area (TPSA) is 23.6 Å². The molecule has 0 bridgehead atoms. The van der Waals surface area contributed by atoms with Crippen LogP contribution < -0.4 is 9.80 Å². The first-order valence-corrected chi connectivity index (χ1v) is 10.3. The summed E-state index contributed by atoms with van der Waals surface area (Å²) in [7, 11) is 0. The minimum atomic E-state index is 0.0107. The summed E-state index contributed by atoms with van der Waals surface area (Å²) in [5, 5.41) is 0.991. The van der Waals surface area contributed by atoms with E-state index in [-0.39, 0.29) is 5.78 Å². The van der Waals surface area contributed by atoms with E-state index in [0.29, 0.717) is 0 Å². The number of allylic oxidation sites excluding steroid dienone is 2. The molecule has 0 atom stereocenters. The van der Waals surface area contributed by atoms with Crippen LogP contribution in [0.3, 0.4) is 0 Å². The lowest BCUT2D eigenvalue weighted by molar-refractivity contribution is -0.110. The van der Waals surface area contributed by atoms with Crippen LogP contribution >= 0.6 is 11.8 Å². The Morgan fingerprint density at radius 2 is 1.74 bits per heavy atom. The van der Waals surface area contributed by atoms with Crippen LogP contribution in [-0.2, 0) is 4.79 Å². The van der Waals surface area contributed by atoms with E-state index in [1.54, 1.807) is 23.9 Å². The molecule has 0 amide bonds. The normalized spacial score (nSPS) is 14.8. The second kappa shape index (κ2) is 8.96. The van der Waals surface area contributed by atoms with Crippen LogP contribution in [0.1, 0.15) is 26.3 Å². The Morgan fingerprint density at radius 1 is 1.04 bits per heavy atom. The highest BCUT2D eigenvalue weighted by Gasteiger charge is 2.23. The van der Waals surface area contributed by atoms with Crippen LogP contribution in [0.25, 0.3) is 6.08 Å². The first kappa shape index (κ1) is 19.3. The molecule has 0 N–H and O–H groups in total. The quantitative estimate of drug-likeness (QED) is 0.586. The van der Waals surface area contributed by atoms with Gasteiger partial charge in [-0.15, -0.1) is 0 Å². The van der Waals surface area contributed by atoms with Crippen LogP contribution in [0.5, 0.6) is 0 Å². The van der Waals surface area contributed by atoms with Gasteiger partial charge in [0.15, 0.2) is 5.78 Å². The average molecular weight is 379 g/mol. The number of thioether (sulfide) groups is 1. The summed E-state index contributed by atoms with van der Waals surface area (Å²) in [4.78, 5) is 18.1. The second-order valence-corrected chi connectivity index (χ2v) is 7.36. The van der Waals surface area contributed by atoms with E-state index in [1.807, 2.05) is 18.2 Å². The third kappa shape index (κ3) is 4.45. The Hall–Kier alpha value is -2.46. The number of hydrogen-bond donors (Lipinski definition) is 0. The Kier molecular flexibility index (Phi) is 6.40. The molecule has 27 heavy (non-hydrogen) atoms. The van der Waals surface area contributed by atoms with E-state index in [0.717, 1.165) is 30.2 Å². The maximum atomic E-state index is 12.4. The fraction of sp³-hybridized carbons (Fsp3) is 0.261. The van der Waals surface area contributed by atoms with Crippen molar-refractivity contribution in [2.45, 2.75) is 25.7 Å². The molecule has 0 fully saturated rings. The lowest BCUT2D eigenvalue weighted by Gasteiger charge is -2.20. The molecule has 0 aromatic heterocycles. The van der Waals surface area contributed by atoms with E-state index < -0.39 is 0 Å². The summed E-state index contributed by atoms with van der Waals surface area (Å²) >= 11 is 1.66. The lowest BCUT2D eigenvalue weighted by Crippen LogP contribution is -2.21. The molecule has 0 radical (unpaired) electrons. The van der Waals surface area contributed by atoms with Gasteiger partial charge in [0.25, 0.3) is 0 Å². The van der Waals surface area contributed by atoms with Gasteiger partial charge in [0.05, 0.1) is 10.7 Å². The molecule has 0 saturated carbocycles. The van der Waals surface area contributed by atoms with Crippen molar-refractivity contribution in [2.75, 3.05) is 29.4 Å². The van der Waals surface area contributed by atoms with Gasteiger partial charge in [-0.1, -0.05) is 42.1 Å². The van der Waals surface area contributed by atoms with Crippen molar-refractivity contribution in [3.05, 3.63) is 71.3 Å². The summed E-state index contributed by atoms with van der Waals surface area (Å²) in [6.45, 7) is 9.25. The summed E-state index contributed by atoms with van der Waals surface area (Å²) in [5.41, 5.74) is 3.43. The fourth-order valence-electron chi connectivity index (χ4n) is 3.22. The van der Waals surface area contributed by atoms with Gasteiger partial charge in [-0.3, -0.25) is 4.79 Å². The third-order valence-corrected chi connectivity index (χ3v) is 5.79. The number of para-hydroxylation sites is 1. The van der Waals surface area contributed by atoms with Crippen molar-refractivity contribution in [1.29, 1.82) is 0 Å². The number of carbonyl (C=O) groups excluding carboxylic acids is 1. The predicted molar refractivity (Wildman–Crippen MR) is 117 cm³/mol. The number of anilines is 2. The molecular weight excluding hydrogens is 352 g/mol. The Bertz CT molecular complexity index is 851. The van der Waals surface area contributed by atoms with Crippen LogP contribution in [0, 0.1) is 0 Å². The van der Waals surface area contributed by atoms with Crippen LogP contribution in [-0.4, -0.2) is 25.4 Å². The molecule has 1 heterocycles. The van der Waals surface area contributed by atoms with Gasteiger partial charge in [-0.2, -0.15) is 0 Å². The van der Waals surface area contributed by atoms with Crippen molar-refractivity contribution < 1.29 is 4.79 Å². The van der Waals surface area contributed by atoms with Crippen molar-refractivity contribution in [2.24, 2.45) is 0 Å². The Balaban J connectivity index is 1.70.